The third kappa shape index (κ3) is 4.81. The predicted molar refractivity (Wildman–Crippen MR) is 136 cm³/mol. The van der Waals surface area contributed by atoms with E-state index in [-0.39, 0.29) is 6.09 Å². The molecule has 1 aliphatic rings. The predicted octanol–water partition coefficient (Wildman–Crippen LogP) is 4.51. The van der Waals surface area contributed by atoms with Gasteiger partial charge in [0.2, 0.25) is 0 Å². The molecule has 0 bridgehead atoms. The normalized spacial score (nSPS) is 14.5. The second-order valence-corrected chi connectivity index (χ2v) is 10.1. The zero-order chi connectivity index (χ0) is 24.7. The highest BCUT2D eigenvalue weighted by Gasteiger charge is 2.26. The summed E-state index contributed by atoms with van der Waals surface area (Å²) in [5.41, 5.74) is 4.21. The number of carbonyl (C=O) groups is 1. The first-order valence-corrected chi connectivity index (χ1v) is 11.9. The van der Waals surface area contributed by atoms with Gasteiger partial charge in [-0.2, -0.15) is 10.2 Å². The lowest BCUT2D eigenvalue weighted by molar-refractivity contribution is 0.0240. The van der Waals surface area contributed by atoms with Crippen LogP contribution in [0.15, 0.2) is 49.2 Å². The SMILES string of the molecule is Cn1cc(-c2cc(-c3ccc(N4CCN(C(=O)OC(C)(C)C)CC4)nc3)c3c(Cl)cnn3c2)cn1. The Bertz CT molecular complexity index is 1360. The third-order valence-electron chi connectivity index (χ3n) is 5.92. The molecule has 0 radical (unpaired) electrons. The van der Waals surface area contributed by atoms with Crippen LogP contribution in [-0.4, -0.2) is 67.2 Å². The molecule has 1 aliphatic heterocycles. The number of anilines is 1. The van der Waals surface area contributed by atoms with Crippen molar-refractivity contribution in [2.24, 2.45) is 7.05 Å². The Balaban J connectivity index is 1.37. The smallest absolute Gasteiger partial charge is 0.410 e. The minimum Gasteiger partial charge on any atom is -0.444 e. The lowest BCUT2D eigenvalue weighted by Gasteiger charge is -2.36. The molecule has 1 fully saturated rings. The Morgan fingerprint density at radius 2 is 1.74 bits per heavy atom. The van der Waals surface area contributed by atoms with Gasteiger partial charge in [-0.05, 0) is 39.0 Å². The van der Waals surface area contributed by atoms with E-state index >= 15 is 0 Å². The molecule has 0 N–H and O–H groups in total. The number of ether oxygens (including phenoxy) is 1. The number of aryl methyl sites for hydroxylation is 1. The summed E-state index contributed by atoms with van der Waals surface area (Å²) in [6.07, 6.45) is 8.99. The number of hydrogen-bond donors (Lipinski definition) is 0. The summed E-state index contributed by atoms with van der Waals surface area (Å²) < 4.78 is 9.06. The molecule has 35 heavy (non-hydrogen) atoms. The first-order valence-electron chi connectivity index (χ1n) is 11.5. The summed E-state index contributed by atoms with van der Waals surface area (Å²) in [7, 11) is 1.89. The van der Waals surface area contributed by atoms with E-state index < -0.39 is 5.60 Å². The van der Waals surface area contributed by atoms with Crippen molar-refractivity contribution in [3.63, 3.8) is 0 Å². The number of aromatic nitrogens is 5. The summed E-state index contributed by atoms with van der Waals surface area (Å²) in [6, 6.07) is 6.15. The average Bonchev–Trinajstić information content (AvgIpc) is 3.43. The molecule has 0 atom stereocenters. The summed E-state index contributed by atoms with van der Waals surface area (Å²) >= 11 is 6.49. The summed E-state index contributed by atoms with van der Waals surface area (Å²) in [5, 5.41) is 9.29. The van der Waals surface area contributed by atoms with Crippen LogP contribution in [0, 0.1) is 0 Å². The molecular formula is C25H28ClN7O2. The second-order valence-electron chi connectivity index (χ2n) is 9.69. The Morgan fingerprint density at radius 3 is 2.37 bits per heavy atom. The van der Waals surface area contributed by atoms with Crippen LogP contribution in [0.2, 0.25) is 5.02 Å². The highest BCUT2D eigenvalue weighted by Crippen LogP contribution is 2.34. The van der Waals surface area contributed by atoms with Crippen LogP contribution in [0.3, 0.4) is 0 Å². The van der Waals surface area contributed by atoms with E-state index in [0.717, 1.165) is 33.6 Å². The molecular weight excluding hydrogens is 466 g/mol. The Morgan fingerprint density at radius 1 is 0.971 bits per heavy atom. The number of fused-ring (bicyclic) bond motifs is 1. The largest absolute Gasteiger partial charge is 0.444 e. The fourth-order valence-corrected chi connectivity index (χ4v) is 4.44. The highest BCUT2D eigenvalue weighted by molar-refractivity contribution is 6.34. The molecule has 1 amide bonds. The van der Waals surface area contributed by atoms with Crippen LogP contribution >= 0.6 is 11.6 Å². The van der Waals surface area contributed by atoms with E-state index in [9.17, 15) is 4.79 Å². The number of halogens is 1. The monoisotopic (exact) mass is 493 g/mol. The van der Waals surface area contributed by atoms with E-state index in [0.29, 0.717) is 31.2 Å². The van der Waals surface area contributed by atoms with Crippen molar-refractivity contribution in [2.45, 2.75) is 26.4 Å². The van der Waals surface area contributed by atoms with Crippen LogP contribution in [0.4, 0.5) is 10.6 Å². The van der Waals surface area contributed by atoms with Gasteiger partial charge < -0.3 is 14.5 Å². The molecule has 5 heterocycles. The van der Waals surface area contributed by atoms with E-state index in [1.165, 1.54) is 0 Å². The molecule has 4 aromatic rings. The van der Waals surface area contributed by atoms with E-state index in [2.05, 4.69) is 21.2 Å². The van der Waals surface area contributed by atoms with E-state index in [1.807, 2.05) is 64.7 Å². The summed E-state index contributed by atoms with van der Waals surface area (Å²) in [6.45, 7) is 8.22. The van der Waals surface area contributed by atoms with Crippen molar-refractivity contribution >= 4 is 29.0 Å². The van der Waals surface area contributed by atoms with E-state index in [4.69, 9.17) is 21.3 Å². The molecule has 9 nitrogen and oxygen atoms in total. The van der Waals surface area contributed by atoms with Crippen molar-refractivity contribution < 1.29 is 9.53 Å². The Labute approximate surface area is 208 Å². The van der Waals surface area contributed by atoms with Gasteiger partial charge in [-0.25, -0.2) is 14.3 Å². The van der Waals surface area contributed by atoms with Crippen LogP contribution in [0.5, 0.6) is 0 Å². The second kappa shape index (κ2) is 8.88. The number of nitrogens with zero attached hydrogens (tertiary/aromatic N) is 7. The molecule has 0 saturated carbocycles. The van der Waals surface area contributed by atoms with Gasteiger partial charge in [0.25, 0.3) is 0 Å². The molecule has 0 aliphatic carbocycles. The molecule has 1 saturated heterocycles. The first-order chi connectivity index (χ1) is 16.7. The lowest BCUT2D eigenvalue weighted by Crippen LogP contribution is -2.50. The topological polar surface area (TPSA) is 80.8 Å². The fourth-order valence-electron chi connectivity index (χ4n) is 4.21. The minimum atomic E-state index is -0.496. The Kier molecular flexibility index (Phi) is 5.88. The first kappa shape index (κ1) is 23.2. The zero-order valence-corrected chi connectivity index (χ0v) is 21.0. The van der Waals surface area contributed by atoms with Crippen LogP contribution < -0.4 is 4.90 Å². The molecule has 0 unspecified atom stereocenters. The average molecular weight is 494 g/mol. The molecule has 5 rings (SSSR count). The highest BCUT2D eigenvalue weighted by atomic mass is 35.5. The van der Waals surface area contributed by atoms with Gasteiger partial charge in [-0.15, -0.1) is 0 Å². The number of piperazine rings is 1. The number of pyridine rings is 2. The third-order valence-corrected chi connectivity index (χ3v) is 6.20. The van der Waals surface area contributed by atoms with Crippen molar-refractivity contribution in [1.29, 1.82) is 0 Å². The van der Waals surface area contributed by atoms with Crippen molar-refractivity contribution in [2.75, 3.05) is 31.1 Å². The van der Waals surface area contributed by atoms with Gasteiger partial charge in [0.15, 0.2) is 0 Å². The van der Waals surface area contributed by atoms with Crippen LogP contribution in [0.25, 0.3) is 27.8 Å². The molecule has 0 aromatic carbocycles. The van der Waals surface area contributed by atoms with E-state index in [1.54, 1.807) is 20.3 Å². The van der Waals surface area contributed by atoms with Gasteiger partial charge in [0.1, 0.15) is 11.4 Å². The maximum atomic E-state index is 12.3. The van der Waals surface area contributed by atoms with Gasteiger partial charge >= 0.3 is 6.09 Å². The van der Waals surface area contributed by atoms with Gasteiger partial charge in [-0.3, -0.25) is 4.68 Å². The summed E-state index contributed by atoms with van der Waals surface area (Å²) in [4.78, 5) is 21.0. The summed E-state index contributed by atoms with van der Waals surface area (Å²) in [5.74, 6) is 0.872. The number of carbonyl (C=O) groups excluding carboxylic acids is 1. The van der Waals surface area contributed by atoms with Crippen molar-refractivity contribution in [3.05, 3.63) is 54.2 Å². The van der Waals surface area contributed by atoms with Gasteiger partial charge in [-0.1, -0.05) is 11.6 Å². The molecule has 0 spiro atoms. The quantitative estimate of drug-likeness (QED) is 0.418. The Hall–Kier alpha value is -3.59. The standard InChI is InChI=1S/C25H28ClN7O2/c1-25(2,3)35-24(34)32-9-7-31(8-10-32)22-6-5-17(12-27-22)20-11-18(19-13-28-30(4)15-19)16-33-23(20)21(26)14-29-33/h5-6,11-16H,7-10H2,1-4H3. The number of hydrogen-bond acceptors (Lipinski definition) is 6. The molecule has 182 valence electrons. The maximum Gasteiger partial charge on any atom is 0.410 e. The van der Waals surface area contributed by atoms with Gasteiger partial charge in [0, 0.05) is 74.1 Å². The maximum absolute atomic E-state index is 12.3. The zero-order valence-electron chi connectivity index (χ0n) is 20.3. The van der Waals surface area contributed by atoms with Crippen molar-refractivity contribution in [1.82, 2.24) is 29.3 Å². The lowest BCUT2D eigenvalue weighted by atomic mass is 10.0. The van der Waals surface area contributed by atoms with Gasteiger partial charge in [0.05, 0.1) is 22.9 Å². The van der Waals surface area contributed by atoms with Crippen LogP contribution in [0.1, 0.15) is 20.8 Å². The molecule has 10 heteroatoms. The fraction of sp³-hybridized carbons (Fsp3) is 0.360. The number of rotatable bonds is 3. The van der Waals surface area contributed by atoms with Crippen LogP contribution in [-0.2, 0) is 11.8 Å². The minimum absolute atomic E-state index is 0.268. The van der Waals surface area contributed by atoms with Crippen molar-refractivity contribution in [3.8, 4) is 22.3 Å². The molecule has 4 aromatic heterocycles. The number of amides is 1.